The minimum Gasteiger partial charge on any atom is -0.325 e. The number of fused-ring (bicyclic) bond motifs is 1. The van der Waals surface area contributed by atoms with Gasteiger partial charge >= 0.3 is 0 Å². The molecule has 0 bridgehead atoms. The third kappa shape index (κ3) is 5.54. The van der Waals surface area contributed by atoms with Crippen molar-refractivity contribution < 1.29 is 14.0 Å². The smallest absolute Gasteiger partial charge is 0.236 e. The molecule has 2 N–H and O–H groups in total. The predicted octanol–water partition coefficient (Wildman–Crippen LogP) is 3.86. The first-order valence-corrected chi connectivity index (χ1v) is 10.5. The highest BCUT2D eigenvalue weighted by Gasteiger charge is 2.15. The van der Waals surface area contributed by atoms with Crippen LogP contribution in [-0.2, 0) is 22.4 Å². The topological polar surface area (TPSA) is 71.1 Å². The van der Waals surface area contributed by atoms with Gasteiger partial charge in [-0.1, -0.05) is 6.42 Å². The quantitative estimate of drug-likeness (QED) is 0.731. The molecular formula is C18H20FN3O2S2. The Morgan fingerprint density at radius 2 is 1.73 bits per heavy atom. The van der Waals surface area contributed by atoms with Gasteiger partial charge in [-0.05, 0) is 49.9 Å². The van der Waals surface area contributed by atoms with E-state index in [1.54, 1.807) is 11.3 Å². The summed E-state index contributed by atoms with van der Waals surface area (Å²) in [6.45, 7) is 0. The summed E-state index contributed by atoms with van der Waals surface area (Å²) in [5.41, 5.74) is 1.65. The minimum absolute atomic E-state index is 0.152. The molecule has 26 heavy (non-hydrogen) atoms. The maximum atomic E-state index is 12.8. The summed E-state index contributed by atoms with van der Waals surface area (Å²) in [5.74, 6) is -0.405. The molecule has 0 radical (unpaired) electrons. The number of rotatable bonds is 6. The number of aryl methyl sites for hydroxylation is 2. The Morgan fingerprint density at radius 1 is 1.04 bits per heavy atom. The number of nitrogens with zero attached hydrogens (tertiary/aromatic N) is 1. The Labute approximate surface area is 159 Å². The van der Waals surface area contributed by atoms with Gasteiger partial charge in [-0.2, -0.15) is 0 Å². The Morgan fingerprint density at radius 3 is 2.50 bits per heavy atom. The van der Waals surface area contributed by atoms with E-state index in [2.05, 4.69) is 15.6 Å². The lowest BCUT2D eigenvalue weighted by molar-refractivity contribution is -0.114. The van der Waals surface area contributed by atoms with E-state index in [0.29, 0.717) is 10.8 Å². The van der Waals surface area contributed by atoms with Crippen LogP contribution >= 0.6 is 23.1 Å². The fourth-order valence-corrected chi connectivity index (χ4v) is 4.39. The highest BCUT2D eigenvalue weighted by atomic mass is 32.2. The van der Waals surface area contributed by atoms with Crippen LogP contribution in [-0.4, -0.2) is 28.3 Å². The van der Waals surface area contributed by atoms with Crippen LogP contribution in [0, 0.1) is 5.82 Å². The van der Waals surface area contributed by atoms with Crippen LogP contribution in [0.5, 0.6) is 0 Å². The molecule has 0 saturated heterocycles. The molecule has 0 fully saturated rings. The Bertz CT molecular complexity index is 754. The minimum atomic E-state index is -0.353. The van der Waals surface area contributed by atoms with Crippen molar-refractivity contribution >= 4 is 45.7 Å². The standard InChI is InChI=1S/C18H20FN3O2S2/c19-12-6-8-13(9-7-12)20-16(23)10-25-11-17(24)22-18-21-14-4-2-1-3-5-15(14)26-18/h6-9H,1-5,10-11H2,(H,20,23)(H,21,22,24). The van der Waals surface area contributed by atoms with E-state index >= 15 is 0 Å². The molecule has 138 valence electrons. The van der Waals surface area contributed by atoms with E-state index in [1.807, 2.05) is 0 Å². The van der Waals surface area contributed by atoms with Gasteiger partial charge in [0.1, 0.15) is 5.82 Å². The highest BCUT2D eigenvalue weighted by molar-refractivity contribution is 8.00. The molecule has 8 heteroatoms. The molecule has 0 unspecified atom stereocenters. The van der Waals surface area contributed by atoms with Crippen LogP contribution in [0.3, 0.4) is 0 Å². The van der Waals surface area contributed by atoms with Crippen LogP contribution < -0.4 is 10.6 Å². The summed E-state index contributed by atoms with van der Waals surface area (Å²) in [6, 6.07) is 5.56. The SMILES string of the molecule is O=C(CSCC(=O)Nc1nc2c(s1)CCCCC2)Nc1ccc(F)cc1. The van der Waals surface area contributed by atoms with E-state index in [1.165, 1.54) is 53.7 Å². The van der Waals surface area contributed by atoms with E-state index in [9.17, 15) is 14.0 Å². The molecule has 0 aliphatic heterocycles. The van der Waals surface area contributed by atoms with Gasteiger partial charge in [0.15, 0.2) is 5.13 Å². The van der Waals surface area contributed by atoms with Gasteiger partial charge in [-0.3, -0.25) is 9.59 Å². The predicted molar refractivity (Wildman–Crippen MR) is 104 cm³/mol. The first kappa shape index (κ1) is 18.8. The fraction of sp³-hybridized carbons (Fsp3) is 0.389. The number of halogens is 1. The van der Waals surface area contributed by atoms with E-state index in [0.717, 1.165) is 25.0 Å². The first-order chi connectivity index (χ1) is 12.6. The van der Waals surface area contributed by atoms with E-state index in [4.69, 9.17) is 0 Å². The zero-order chi connectivity index (χ0) is 18.4. The van der Waals surface area contributed by atoms with Crippen LogP contribution in [0.4, 0.5) is 15.2 Å². The Balaban J connectivity index is 1.40. The Hall–Kier alpha value is -1.93. The third-order valence-electron chi connectivity index (χ3n) is 3.94. The van der Waals surface area contributed by atoms with Gasteiger partial charge in [0.05, 0.1) is 17.2 Å². The maximum Gasteiger partial charge on any atom is 0.236 e. The summed E-state index contributed by atoms with van der Waals surface area (Å²) in [6.07, 6.45) is 5.60. The second-order valence-corrected chi connectivity index (χ2v) is 8.11. The van der Waals surface area contributed by atoms with E-state index in [-0.39, 0.29) is 29.1 Å². The van der Waals surface area contributed by atoms with Crippen molar-refractivity contribution in [3.05, 3.63) is 40.7 Å². The summed E-state index contributed by atoms with van der Waals surface area (Å²) in [5, 5.41) is 6.14. The van der Waals surface area contributed by atoms with Crippen LogP contribution in [0.15, 0.2) is 24.3 Å². The van der Waals surface area contributed by atoms with Crippen LogP contribution in [0.2, 0.25) is 0 Å². The molecule has 1 aliphatic rings. The van der Waals surface area contributed by atoms with Crippen molar-refractivity contribution in [2.45, 2.75) is 32.1 Å². The molecule has 1 aliphatic carbocycles. The molecule has 5 nitrogen and oxygen atoms in total. The second-order valence-electron chi connectivity index (χ2n) is 6.05. The van der Waals surface area contributed by atoms with Gasteiger partial charge in [0, 0.05) is 10.6 Å². The molecule has 3 rings (SSSR count). The van der Waals surface area contributed by atoms with Crippen molar-refractivity contribution in [2.24, 2.45) is 0 Å². The normalized spacial score (nSPS) is 13.6. The molecule has 0 saturated carbocycles. The number of thioether (sulfide) groups is 1. The largest absolute Gasteiger partial charge is 0.325 e. The molecule has 1 aromatic carbocycles. The zero-order valence-corrected chi connectivity index (χ0v) is 15.9. The number of benzene rings is 1. The summed E-state index contributed by atoms with van der Waals surface area (Å²) >= 11 is 2.79. The van der Waals surface area contributed by atoms with Crippen molar-refractivity contribution in [1.82, 2.24) is 4.98 Å². The summed E-state index contributed by atoms with van der Waals surface area (Å²) < 4.78 is 12.8. The van der Waals surface area contributed by atoms with E-state index < -0.39 is 0 Å². The third-order valence-corrected chi connectivity index (χ3v) is 5.94. The second kappa shape index (κ2) is 9.14. The molecule has 0 spiro atoms. The Kier molecular flexibility index (Phi) is 6.62. The highest BCUT2D eigenvalue weighted by Crippen LogP contribution is 2.28. The average molecular weight is 394 g/mol. The van der Waals surface area contributed by atoms with Gasteiger partial charge in [0.2, 0.25) is 11.8 Å². The molecule has 2 amide bonds. The van der Waals surface area contributed by atoms with Gasteiger partial charge in [-0.15, -0.1) is 23.1 Å². The number of thiazole rings is 1. The van der Waals surface area contributed by atoms with Crippen molar-refractivity contribution in [2.75, 3.05) is 22.1 Å². The number of anilines is 2. The van der Waals surface area contributed by atoms with Crippen molar-refractivity contribution in [1.29, 1.82) is 0 Å². The number of amides is 2. The van der Waals surface area contributed by atoms with Gasteiger partial charge in [0.25, 0.3) is 0 Å². The lowest BCUT2D eigenvalue weighted by Crippen LogP contribution is -2.18. The number of carbonyl (C=O) groups excluding carboxylic acids is 2. The number of carbonyl (C=O) groups is 2. The fourth-order valence-electron chi connectivity index (χ4n) is 2.70. The lowest BCUT2D eigenvalue weighted by atomic mass is 10.2. The molecular weight excluding hydrogens is 373 g/mol. The summed E-state index contributed by atoms with van der Waals surface area (Å²) in [4.78, 5) is 29.7. The van der Waals surface area contributed by atoms with Crippen molar-refractivity contribution in [3.8, 4) is 0 Å². The lowest BCUT2D eigenvalue weighted by Gasteiger charge is -2.05. The molecule has 2 aromatic rings. The number of aromatic nitrogens is 1. The van der Waals surface area contributed by atoms with Crippen LogP contribution in [0.1, 0.15) is 29.8 Å². The first-order valence-electron chi connectivity index (χ1n) is 8.52. The van der Waals surface area contributed by atoms with Crippen molar-refractivity contribution in [3.63, 3.8) is 0 Å². The average Bonchev–Trinajstić information content (AvgIpc) is 2.85. The molecule has 1 aromatic heterocycles. The van der Waals surface area contributed by atoms with Gasteiger partial charge < -0.3 is 10.6 Å². The van der Waals surface area contributed by atoms with Crippen LogP contribution in [0.25, 0.3) is 0 Å². The number of hydrogen-bond acceptors (Lipinski definition) is 5. The summed E-state index contributed by atoms with van der Waals surface area (Å²) in [7, 11) is 0. The number of nitrogens with one attached hydrogen (secondary N) is 2. The monoisotopic (exact) mass is 393 g/mol. The van der Waals surface area contributed by atoms with Gasteiger partial charge in [-0.25, -0.2) is 9.37 Å². The zero-order valence-electron chi connectivity index (χ0n) is 14.2. The maximum absolute atomic E-state index is 12.8. The number of hydrogen-bond donors (Lipinski definition) is 2. The molecule has 1 heterocycles. The molecule has 0 atom stereocenters.